The lowest BCUT2D eigenvalue weighted by Gasteiger charge is -2.28. The van der Waals surface area contributed by atoms with Gasteiger partial charge in [-0.1, -0.05) is 127 Å². The lowest BCUT2D eigenvalue weighted by molar-refractivity contribution is 0.660. The molecule has 0 aliphatic heterocycles. The van der Waals surface area contributed by atoms with Crippen molar-refractivity contribution in [3.63, 3.8) is 0 Å². The molecule has 0 spiro atoms. The van der Waals surface area contributed by atoms with Crippen LogP contribution in [0.5, 0.6) is 0 Å². The van der Waals surface area contributed by atoms with Crippen molar-refractivity contribution in [3.8, 4) is 44.5 Å². The zero-order valence-corrected chi connectivity index (χ0v) is 34.3. The molecule has 1 heterocycles. The van der Waals surface area contributed by atoms with E-state index in [9.17, 15) is 0 Å². The van der Waals surface area contributed by atoms with Gasteiger partial charge in [-0.3, -0.25) is 0 Å². The summed E-state index contributed by atoms with van der Waals surface area (Å²) in [6.07, 6.45) is 0. The van der Waals surface area contributed by atoms with Crippen molar-refractivity contribution in [1.82, 2.24) is 0 Å². The maximum Gasteiger partial charge on any atom is 0.139 e. The van der Waals surface area contributed by atoms with Gasteiger partial charge >= 0.3 is 0 Å². The predicted octanol–water partition coefficient (Wildman–Crippen LogP) is -0.733. The highest BCUT2D eigenvalue weighted by Gasteiger charge is 2.35. The smallest absolute Gasteiger partial charge is 0.139 e. The van der Waals surface area contributed by atoms with Crippen molar-refractivity contribution in [2.45, 2.75) is 19.3 Å². The molecule has 0 bridgehead atoms. The Labute approximate surface area is 336 Å². The predicted molar refractivity (Wildman–Crippen MR) is 268 cm³/mol. The fourth-order valence-corrected chi connectivity index (χ4v) is 10.4. The zero-order chi connectivity index (χ0) is 38.9. The van der Waals surface area contributed by atoms with Gasteiger partial charge in [0.05, 0.1) is 0 Å². The maximum atomic E-state index is 6.53. The molecule has 0 saturated heterocycles. The highest BCUT2D eigenvalue weighted by molar-refractivity contribution is 6.71. The van der Waals surface area contributed by atoms with Crippen molar-refractivity contribution < 1.29 is 4.42 Å². The number of rotatable bonds is 3. The Bertz CT molecular complexity index is 3110. The molecule has 258 valence electrons. The Hall–Kier alpha value is -5.40. The van der Waals surface area contributed by atoms with E-state index in [0.717, 1.165) is 16.6 Å². The quantitative estimate of drug-likeness (QED) is 0.175. The summed E-state index contributed by atoms with van der Waals surface area (Å²) in [6, 6.07) is 40.6. The molecule has 8 aromatic carbocycles. The minimum Gasteiger partial charge on any atom is -0.456 e. The lowest BCUT2D eigenvalue weighted by Crippen LogP contribution is -2.50. The molecule has 1 aromatic heterocycles. The Balaban J connectivity index is 1.29. The molecule has 0 radical (unpaired) electrons. The van der Waals surface area contributed by atoms with Crippen molar-refractivity contribution in [2.24, 2.45) is 0 Å². The monoisotopic (exact) mass is 708 g/mol. The summed E-state index contributed by atoms with van der Waals surface area (Å²) in [5.74, 6) is 0. The standard InChI is InChI=1S/C47H40B8O/c1-47(2)28-11-5-3-8-24(28)25-19-18-23(20-29(25)47)21-14-16-22(17-15-21)32-35-37(41(50)45(54)43(52)39(35)48)34(38-36(32)40(49)44(53)46(55)42(38)51)27-10-7-13-31-33(27)26-9-4-6-12-30(26)56-31/h3-20H,48-55H2,1-2H3. The summed E-state index contributed by atoms with van der Waals surface area (Å²) in [5.41, 5.74) is 25.9. The van der Waals surface area contributed by atoms with Gasteiger partial charge in [-0.2, -0.15) is 0 Å². The largest absolute Gasteiger partial charge is 0.456 e. The lowest BCUT2D eigenvalue weighted by atomic mass is 9.59. The first-order chi connectivity index (χ1) is 26.9. The Morgan fingerprint density at radius 1 is 0.375 bits per heavy atom. The maximum absolute atomic E-state index is 6.53. The Morgan fingerprint density at radius 3 is 1.50 bits per heavy atom. The third-order valence-electron chi connectivity index (χ3n) is 14.1. The third-order valence-corrected chi connectivity index (χ3v) is 14.1. The van der Waals surface area contributed by atoms with Crippen LogP contribution < -0.4 is 43.7 Å². The van der Waals surface area contributed by atoms with E-state index in [1.54, 1.807) is 0 Å². The molecule has 0 unspecified atom stereocenters. The number of hydrogen-bond donors (Lipinski definition) is 0. The molecular weight excluding hydrogens is 667 g/mol. The van der Waals surface area contributed by atoms with Crippen LogP contribution in [0.2, 0.25) is 0 Å². The van der Waals surface area contributed by atoms with E-state index in [1.165, 1.54) is 126 Å². The summed E-state index contributed by atoms with van der Waals surface area (Å²) in [7, 11) is 18.6. The summed E-state index contributed by atoms with van der Waals surface area (Å²) < 4.78 is 6.53. The van der Waals surface area contributed by atoms with Gasteiger partial charge in [-0.05, 0) is 95.4 Å². The van der Waals surface area contributed by atoms with Gasteiger partial charge in [0.25, 0.3) is 0 Å². The Kier molecular flexibility index (Phi) is 7.70. The number of hydrogen-bond acceptors (Lipinski definition) is 1. The third kappa shape index (κ3) is 4.67. The van der Waals surface area contributed by atoms with Crippen molar-refractivity contribution in [2.75, 3.05) is 0 Å². The van der Waals surface area contributed by atoms with Gasteiger partial charge in [-0.25, -0.2) is 0 Å². The van der Waals surface area contributed by atoms with E-state index in [1.807, 2.05) is 0 Å². The molecule has 0 fully saturated rings. The van der Waals surface area contributed by atoms with Crippen LogP contribution in [0.25, 0.3) is 88.0 Å². The molecule has 0 saturated carbocycles. The van der Waals surface area contributed by atoms with Crippen LogP contribution in [0.3, 0.4) is 0 Å². The minimum absolute atomic E-state index is 0.0364. The molecule has 1 aliphatic rings. The first-order valence-electron chi connectivity index (χ1n) is 20.1. The first-order valence-corrected chi connectivity index (χ1v) is 20.1. The average molecular weight is 707 g/mol. The summed E-state index contributed by atoms with van der Waals surface area (Å²) >= 11 is 0. The molecule has 0 atom stereocenters. The SMILES string of the molecule is Bc1c(B)c(B)c2c(-c3cccc4oc5ccccc5c34)c3c(B)c(B)c(B)c(B)c3c(-c3ccc(-c4ccc5c(c4)C(C)(C)c4ccccc4-5)cc3)c2c1B. The number of furan rings is 1. The molecule has 9 aromatic rings. The van der Waals surface area contributed by atoms with E-state index in [-0.39, 0.29) is 5.41 Å². The summed E-state index contributed by atoms with van der Waals surface area (Å²) in [5, 5.41) is 7.76. The molecule has 1 aliphatic carbocycles. The molecule has 1 nitrogen and oxygen atoms in total. The number of benzene rings is 8. The van der Waals surface area contributed by atoms with Crippen molar-refractivity contribution in [3.05, 3.63) is 120 Å². The number of fused-ring (bicyclic) bond motifs is 8. The second kappa shape index (κ2) is 12.3. The summed E-state index contributed by atoms with van der Waals surface area (Å²) in [6.45, 7) is 4.73. The summed E-state index contributed by atoms with van der Waals surface area (Å²) in [4.78, 5) is 0. The van der Waals surface area contributed by atoms with Gasteiger partial charge in [-0.15, -0.1) is 21.9 Å². The van der Waals surface area contributed by atoms with E-state index >= 15 is 0 Å². The van der Waals surface area contributed by atoms with Gasteiger partial charge in [0.1, 0.15) is 73.9 Å². The van der Waals surface area contributed by atoms with Crippen molar-refractivity contribution >= 4 is 150 Å². The van der Waals surface area contributed by atoms with Crippen molar-refractivity contribution in [1.29, 1.82) is 0 Å². The van der Waals surface area contributed by atoms with E-state index in [2.05, 4.69) is 186 Å². The van der Waals surface area contributed by atoms with Crippen LogP contribution in [-0.4, -0.2) is 62.8 Å². The van der Waals surface area contributed by atoms with E-state index in [4.69, 9.17) is 4.42 Å². The second-order valence-corrected chi connectivity index (χ2v) is 17.0. The van der Waals surface area contributed by atoms with Crippen LogP contribution in [-0.2, 0) is 5.41 Å². The van der Waals surface area contributed by atoms with Crippen LogP contribution in [0, 0.1) is 0 Å². The van der Waals surface area contributed by atoms with Gasteiger partial charge in [0, 0.05) is 16.2 Å². The van der Waals surface area contributed by atoms with Gasteiger partial charge < -0.3 is 4.42 Å². The Morgan fingerprint density at radius 2 is 0.857 bits per heavy atom. The molecular formula is C47H40B8O. The number of para-hydroxylation sites is 1. The van der Waals surface area contributed by atoms with Crippen LogP contribution >= 0.6 is 0 Å². The first kappa shape index (κ1) is 35.0. The van der Waals surface area contributed by atoms with Crippen LogP contribution in [0.1, 0.15) is 25.0 Å². The normalized spacial score (nSPS) is 13.2. The molecule has 9 heteroatoms. The molecule has 56 heavy (non-hydrogen) atoms. The fourth-order valence-electron chi connectivity index (χ4n) is 10.4. The van der Waals surface area contributed by atoms with Crippen LogP contribution in [0.4, 0.5) is 0 Å². The van der Waals surface area contributed by atoms with E-state index in [0.29, 0.717) is 0 Å². The minimum atomic E-state index is -0.0364. The topological polar surface area (TPSA) is 13.1 Å². The second-order valence-electron chi connectivity index (χ2n) is 17.0. The highest BCUT2D eigenvalue weighted by Crippen LogP contribution is 2.50. The van der Waals surface area contributed by atoms with Gasteiger partial charge in [0.15, 0.2) is 0 Å². The highest BCUT2D eigenvalue weighted by atomic mass is 16.3. The average Bonchev–Trinajstić information content (AvgIpc) is 3.71. The molecule has 0 N–H and O–H groups in total. The van der Waals surface area contributed by atoms with E-state index < -0.39 is 0 Å². The molecule has 10 rings (SSSR count). The van der Waals surface area contributed by atoms with Crippen LogP contribution in [0.15, 0.2) is 114 Å². The molecule has 0 amide bonds. The fraction of sp³-hybridized carbons (Fsp3) is 0.0638. The van der Waals surface area contributed by atoms with Gasteiger partial charge in [0.2, 0.25) is 0 Å². The zero-order valence-electron chi connectivity index (χ0n) is 34.3.